The molecule has 4 heteroatoms. The van der Waals surface area contributed by atoms with Crippen molar-refractivity contribution >= 4 is 30.0 Å². The van der Waals surface area contributed by atoms with Crippen molar-refractivity contribution in [2.45, 2.75) is 6.92 Å². The highest BCUT2D eigenvalue weighted by Gasteiger charge is 2.07. The lowest BCUT2D eigenvalue weighted by Crippen LogP contribution is -1.99. The summed E-state index contributed by atoms with van der Waals surface area (Å²) in [5.74, 6) is -0.940. The molecule has 0 heterocycles. The van der Waals surface area contributed by atoms with Gasteiger partial charge in [0.2, 0.25) is 0 Å². The second kappa shape index (κ2) is 4.33. The van der Waals surface area contributed by atoms with Gasteiger partial charge >= 0.3 is 5.97 Å². The third-order valence-electron chi connectivity index (χ3n) is 1.50. The maximum atomic E-state index is 10.5. The standard InChI is InChI=1S/C8H7ClO2.ClH/c1-5-6(8(10)11)3-2-4-7(5)9;/h2-4H,1H3,(H,10,11);1H. The molecule has 1 rings (SSSR count). The van der Waals surface area contributed by atoms with Crippen LogP contribution in [0.3, 0.4) is 0 Å². The summed E-state index contributed by atoms with van der Waals surface area (Å²) in [7, 11) is 0. The van der Waals surface area contributed by atoms with Gasteiger partial charge in [-0.1, -0.05) is 17.7 Å². The van der Waals surface area contributed by atoms with E-state index in [4.69, 9.17) is 16.7 Å². The maximum Gasteiger partial charge on any atom is 0.336 e. The van der Waals surface area contributed by atoms with E-state index >= 15 is 0 Å². The van der Waals surface area contributed by atoms with Gasteiger partial charge in [0.1, 0.15) is 0 Å². The molecule has 0 saturated carbocycles. The predicted molar refractivity (Wildman–Crippen MR) is 50.4 cm³/mol. The van der Waals surface area contributed by atoms with E-state index < -0.39 is 5.97 Å². The highest BCUT2D eigenvalue weighted by Crippen LogP contribution is 2.18. The van der Waals surface area contributed by atoms with Crippen LogP contribution in [0, 0.1) is 6.92 Å². The molecule has 0 aliphatic rings. The Kier molecular flexibility index (Phi) is 4.07. The Bertz CT molecular complexity index is 297. The normalized spacial score (nSPS) is 8.83. The van der Waals surface area contributed by atoms with E-state index in [1.807, 2.05) is 0 Å². The zero-order valence-electron chi connectivity index (χ0n) is 6.37. The Morgan fingerprint density at radius 2 is 2.08 bits per heavy atom. The van der Waals surface area contributed by atoms with Gasteiger partial charge in [-0.15, -0.1) is 12.4 Å². The highest BCUT2D eigenvalue weighted by molar-refractivity contribution is 6.31. The van der Waals surface area contributed by atoms with Crippen LogP contribution in [-0.2, 0) is 0 Å². The Labute approximate surface area is 81.6 Å². The summed E-state index contributed by atoms with van der Waals surface area (Å²) in [6, 6.07) is 4.83. The summed E-state index contributed by atoms with van der Waals surface area (Å²) in [4.78, 5) is 10.5. The molecule has 0 saturated heterocycles. The van der Waals surface area contributed by atoms with E-state index in [9.17, 15) is 4.79 Å². The Hall–Kier alpha value is -0.730. The largest absolute Gasteiger partial charge is 0.478 e. The minimum atomic E-state index is -0.940. The first-order valence-corrected chi connectivity index (χ1v) is 3.49. The summed E-state index contributed by atoms with van der Waals surface area (Å²) in [6.45, 7) is 1.69. The monoisotopic (exact) mass is 206 g/mol. The molecule has 0 aliphatic carbocycles. The molecule has 0 radical (unpaired) electrons. The zero-order chi connectivity index (χ0) is 8.43. The lowest BCUT2D eigenvalue weighted by molar-refractivity contribution is 0.0696. The first kappa shape index (κ1) is 11.3. The number of rotatable bonds is 1. The number of aromatic carboxylic acids is 1. The minimum Gasteiger partial charge on any atom is -0.478 e. The van der Waals surface area contributed by atoms with Crippen molar-refractivity contribution in [3.05, 3.63) is 34.3 Å². The van der Waals surface area contributed by atoms with Crippen LogP contribution in [0.1, 0.15) is 15.9 Å². The average molecular weight is 207 g/mol. The highest BCUT2D eigenvalue weighted by atomic mass is 35.5. The molecule has 0 fully saturated rings. The summed E-state index contributed by atoms with van der Waals surface area (Å²) in [6.07, 6.45) is 0. The molecule has 1 N–H and O–H groups in total. The average Bonchev–Trinajstić information content (AvgIpc) is 1.94. The molecular weight excluding hydrogens is 199 g/mol. The lowest BCUT2D eigenvalue weighted by atomic mass is 10.1. The Morgan fingerprint density at radius 1 is 1.50 bits per heavy atom. The Morgan fingerprint density at radius 3 is 2.50 bits per heavy atom. The molecule has 2 nitrogen and oxygen atoms in total. The van der Waals surface area contributed by atoms with Crippen LogP contribution in [0.5, 0.6) is 0 Å². The van der Waals surface area contributed by atoms with Crippen LogP contribution in [0.25, 0.3) is 0 Å². The molecule has 0 amide bonds. The van der Waals surface area contributed by atoms with Crippen LogP contribution in [0.4, 0.5) is 0 Å². The third kappa shape index (κ3) is 2.13. The van der Waals surface area contributed by atoms with Crippen LogP contribution >= 0.6 is 24.0 Å². The number of benzene rings is 1. The maximum absolute atomic E-state index is 10.5. The van der Waals surface area contributed by atoms with E-state index in [0.717, 1.165) is 0 Å². The van der Waals surface area contributed by atoms with E-state index in [1.165, 1.54) is 6.07 Å². The van der Waals surface area contributed by atoms with Crippen molar-refractivity contribution in [2.24, 2.45) is 0 Å². The third-order valence-corrected chi connectivity index (χ3v) is 1.91. The van der Waals surface area contributed by atoms with E-state index in [2.05, 4.69) is 0 Å². The van der Waals surface area contributed by atoms with Gasteiger partial charge in [-0.25, -0.2) is 4.79 Å². The van der Waals surface area contributed by atoms with Crippen molar-refractivity contribution < 1.29 is 9.90 Å². The fourth-order valence-corrected chi connectivity index (χ4v) is 1.01. The van der Waals surface area contributed by atoms with Crippen molar-refractivity contribution in [2.75, 3.05) is 0 Å². The molecule has 0 aliphatic heterocycles. The molecule has 66 valence electrons. The van der Waals surface area contributed by atoms with Crippen LogP contribution in [0.15, 0.2) is 18.2 Å². The second-order valence-electron chi connectivity index (χ2n) is 2.22. The molecule has 0 unspecified atom stereocenters. The van der Waals surface area contributed by atoms with Gasteiger partial charge in [-0.05, 0) is 24.6 Å². The van der Waals surface area contributed by atoms with Crippen molar-refractivity contribution in [3.8, 4) is 0 Å². The fraction of sp³-hybridized carbons (Fsp3) is 0.125. The van der Waals surface area contributed by atoms with Gasteiger partial charge in [-0.3, -0.25) is 0 Å². The SMILES string of the molecule is Cc1c(Cl)cccc1C(=O)O.Cl. The summed E-state index contributed by atoms with van der Waals surface area (Å²) in [5, 5.41) is 9.12. The molecule has 12 heavy (non-hydrogen) atoms. The summed E-state index contributed by atoms with van der Waals surface area (Å²) < 4.78 is 0. The molecular formula is C8H8Cl2O2. The van der Waals surface area contributed by atoms with Gasteiger partial charge in [0.05, 0.1) is 5.56 Å². The van der Waals surface area contributed by atoms with Crippen molar-refractivity contribution in [1.82, 2.24) is 0 Å². The Balaban J connectivity index is 0.00000121. The van der Waals surface area contributed by atoms with Crippen LogP contribution in [-0.4, -0.2) is 11.1 Å². The molecule has 0 spiro atoms. The summed E-state index contributed by atoms with van der Waals surface area (Å²) in [5.41, 5.74) is 0.874. The predicted octanol–water partition coefficient (Wildman–Crippen LogP) is 2.77. The second-order valence-corrected chi connectivity index (χ2v) is 2.62. The lowest BCUT2D eigenvalue weighted by Gasteiger charge is -2.00. The van der Waals surface area contributed by atoms with Gasteiger partial charge in [0.15, 0.2) is 0 Å². The molecule has 0 bridgehead atoms. The van der Waals surface area contributed by atoms with Gasteiger partial charge in [0, 0.05) is 5.02 Å². The molecule has 1 aromatic carbocycles. The minimum absolute atomic E-state index is 0. The summed E-state index contributed by atoms with van der Waals surface area (Å²) >= 11 is 5.69. The van der Waals surface area contributed by atoms with Crippen LogP contribution in [0.2, 0.25) is 5.02 Å². The van der Waals surface area contributed by atoms with Gasteiger partial charge < -0.3 is 5.11 Å². The van der Waals surface area contributed by atoms with Crippen LogP contribution < -0.4 is 0 Å². The van der Waals surface area contributed by atoms with E-state index in [1.54, 1.807) is 19.1 Å². The number of carbonyl (C=O) groups is 1. The molecule has 1 aromatic rings. The first-order valence-electron chi connectivity index (χ1n) is 3.11. The number of halogens is 2. The molecule has 0 atom stereocenters. The van der Waals surface area contributed by atoms with Crippen molar-refractivity contribution in [3.63, 3.8) is 0 Å². The molecule has 0 aromatic heterocycles. The number of carboxylic acid groups (broad SMARTS) is 1. The van der Waals surface area contributed by atoms with Gasteiger partial charge in [0.25, 0.3) is 0 Å². The van der Waals surface area contributed by atoms with E-state index in [-0.39, 0.29) is 18.0 Å². The number of hydrogen-bond acceptors (Lipinski definition) is 1. The quantitative estimate of drug-likeness (QED) is 0.768. The fourth-order valence-electron chi connectivity index (χ4n) is 0.839. The van der Waals surface area contributed by atoms with Gasteiger partial charge in [-0.2, -0.15) is 0 Å². The number of hydrogen-bond donors (Lipinski definition) is 1. The van der Waals surface area contributed by atoms with Crippen molar-refractivity contribution in [1.29, 1.82) is 0 Å². The smallest absolute Gasteiger partial charge is 0.336 e. The van der Waals surface area contributed by atoms with E-state index in [0.29, 0.717) is 10.6 Å². The first-order chi connectivity index (χ1) is 5.13. The zero-order valence-corrected chi connectivity index (χ0v) is 7.95. The number of carboxylic acids is 1. The topological polar surface area (TPSA) is 37.3 Å².